The summed E-state index contributed by atoms with van der Waals surface area (Å²) in [5.41, 5.74) is -0.593. The predicted octanol–water partition coefficient (Wildman–Crippen LogP) is 2.37. The average molecular weight is 233 g/mol. The van der Waals surface area contributed by atoms with Gasteiger partial charge in [0.25, 0.3) is 5.56 Å². The molecule has 72 valence electrons. The van der Waals surface area contributed by atoms with Crippen molar-refractivity contribution in [1.29, 1.82) is 0 Å². The number of benzene rings is 1. The van der Waals surface area contributed by atoms with Crippen LogP contribution in [0.5, 0.6) is 0 Å². The normalized spacial score (nSPS) is 10.8. The maximum absolute atomic E-state index is 13.2. The molecule has 0 spiro atoms. The second kappa shape index (κ2) is 3.22. The van der Waals surface area contributed by atoms with Crippen LogP contribution in [0.1, 0.15) is 0 Å². The molecule has 0 bridgehead atoms. The highest BCUT2D eigenvalue weighted by molar-refractivity contribution is 6.31. The molecule has 0 radical (unpaired) electrons. The number of aromatic nitrogens is 2. The van der Waals surface area contributed by atoms with Crippen molar-refractivity contribution in [2.75, 3.05) is 0 Å². The molecule has 1 aromatic carbocycles. The van der Waals surface area contributed by atoms with Gasteiger partial charge in [0.2, 0.25) is 5.28 Å². The maximum Gasteiger partial charge on any atom is 0.259 e. The number of nitrogens with one attached hydrogen (secondary N) is 1. The van der Waals surface area contributed by atoms with Crippen LogP contribution in [0.3, 0.4) is 0 Å². The lowest BCUT2D eigenvalue weighted by Gasteiger charge is -1.99. The van der Waals surface area contributed by atoms with E-state index < -0.39 is 11.4 Å². The van der Waals surface area contributed by atoms with Crippen molar-refractivity contribution in [2.45, 2.75) is 0 Å². The van der Waals surface area contributed by atoms with Gasteiger partial charge in [0, 0.05) is 5.02 Å². The van der Waals surface area contributed by atoms with E-state index in [0.717, 1.165) is 6.07 Å². The highest BCUT2D eigenvalue weighted by Crippen LogP contribution is 2.19. The first kappa shape index (κ1) is 9.43. The largest absolute Gasteiger partial charge is 0.297 e. The molecule has 1 heterocycles. The van der Waals surface area contributed by atoms with Gasteiger partial charge in [0.15, 0.2) is 5.82 Å². The summed E-state index contributed by atoms with van der Waals surface area (Å²) in [4.78, 5) is 17.2. The third-order valence-electron chi connectivity index (χ3n) is 1.70. The molecule has 0 unspecified atom stereocenters. The Bertz CT molecular complexity index is 567. The van der Waals surface area contributed by atoms with Crippen molar-refractivity contribution in [3.63, 3.8) is 0 Å². The minimum atomic E-state index is -0.666. The SMILES string of the molecule is O=c1[nH]c(Cl)nc2c(F)cc(Cl)cc12. The zero-order valence-electron chi connectivity index (χ0n) is 6.64. The molecule has 1 aromatic heterocycles. The summed E-state index contributed by atoms with van der Waals surface area (Å²) in [6.45, 7) is 0. The van der Waals surface area contributed by atoms with E-state index in [-0.39, 0.29) is 21.2 Å². The van der Waals surface area contributed by atoms with Crippen LogP contribution in [0.4, 0.5) is 4.39 Å². The highest BCUT2D eigenvalue weighted by Gasteiger charge is 2.08. The standard InChI is InChI=1S/C8H3Cl2FN2O/c9-3-1-4-6(5(11)2-3)12-8(10)13-7(4)14/h1-2H,(H,12,13,14). The van der Waals surface area contributed by atoms with Crippen molar-refractivity contribution in [2.24, 2.45) is 0 Å². The van der Waals surface area contributed by atoms with Gasteiger partial charge < -0.3 is 0 Å². The van der Waals surface area contributed by atoms with Gasteiger partial charge in [-0.25, -0.2) is 9.37 Å². The smallest absolute Gasteiger partial charge is 0.259 e. The number of hydrogen-bond acceptors (Lipinski definition) is 2. The molecule has 0 aliphatic heterocycles. The zero-order chi connectivity index (χ0) is 10.3. The summed E-state index contributed by atoms with van der Waals surface area (Å²) in [6.07, 6.45) is 0. The van der Waals surface area contributed by atoms with E-state index in [1.807, 2.05) is 0 Å². The fraction of sp³-hybridized carbons (Fsp3) is 0. The van der Waals surface area contributed by atoms with Crippen LogP contribution < -0.4 is 5.56 Å². The number of H-pyrrole nitrogens is 1. The van der Waals surface area contributed by atoms with Crippen LogP contribution in [0.25, 0.3) is 10.9 Å². The molecule has 0 saturated heterocycles. The van der Waals surface area contributed by atoms with Crippen LogP contribution >= 0.6 is 23.2 Å². The minimum absolute atomic E-state index is 0.0804. The lowest BCUT2D eigenvalue weighted by molar-refractivity contribution is 0.636. The molecule has 0 atom stereocenters. The molecule has 0 saturated carbocycles. The van der Waals surface area contributed by atoms with E-state index in [9.17, 15) is 9.18 Å². The van der Waals surface area contributed by atoms with Crippen LogP contribution in [-0.4, -0.2) is 9.97 Å². The Morgan fingerprint density at radius 1 is 1.36 bits per heavy atom. The number of rotatable bonds is 0. The molecule has 3 nitrogen and oxygen atoms in total. The molecule has 0 fully saturated rings. The molecule has 0 aliphatic carbocycles. The van der Waals surface area contributed by atoms with Crippen molar-refractivity contribution in [3.8, 4) is 0 Å². The second-order valence-electron chi connectivity index (χ2n) is 2.64. The molecule has 2 aromatic rings. The van der Waals surface area contributed by atoms with Crippen LogP contribution in [0.15, 0.2) is 16.9 Å². The van der Waals surface area contributed by atoms with Gasteiger partial charge in [0.05, 0.1) is 5.39 Å². The quantitative estimate of drug-likeness (QED) is 0.710. The van der Waals surface area contributed by atoms with Crippen molar-refractivity contribution in [3.05, 3.63) is 38.6 Å². The average Bonchev–Trinajstić information content (AvgIpc) is 2.07. The maximum atomic E-state index is 13.2. The number of halogens is 3. The van der Waals surface area contributed by atoms with E-state index in [2.05, 4.69) is 9.97 Å². The third kappa shape index (κ3) is 1.47. The van der Waals surface area contributed by atoms with E-state index in [4.69, 9.17) is 23.2 Å². The summed E-state index contributed by atoms with van der Waals surface area (Å²) in [5.74, 6) is -0.666. The number of hydrogen-bond donors (Lipinski definition) is 1. The van der Waals surface area contributed by atoms with Crippen LogP contribution in [-0.2, 0) is 0 Å². The van der Waals surface area contributed by atoms with E-state index >= 15 is 0 Å². The second-order valence-corrected chi connectivity index (χ2v) is 3.43. The fourth-order valence-electron chi connectivity index (χ4n) is 1.14. The molecular weight excluding hydrogens is 230 g/mol. The Morgan fingerprint density at radius 3 is 2.79 bits per heavy atom. The number of fused-ring (bicyclic) bond motifs is 1. The number of nitrogens with zero attached hydrogens (tertiary/aromatic N) is 1. The van der Waals surface area contributed by atoms with Gasteiger partial charge in [0.1, 0.15) is 5.52 Å². The Morgan fingerprint density at radius 2 is 2.07 bits per heavy atom. The Kier molecular flexibility index (Phi) is 2.17. The molecule has 1 N–H and O–H groups in total. The molecular formula is C8H3Cl2FN2O. The highest BCUT2D eigenvalue weighted by atomic mass is 35.5. The molecule has 0 aliphatic rings. The zero-order valence-corrected chi connectivity index (χ0v) is 8.16. The van der Waals surface area contributed by atoms with Gasteiger partial charge in [-0.2, -0.15) is 0 Å². The van der Waals surface area contributed by atoms with Crippen LogP contribution in [0.2, 0.25) is 10.3 Å². The van der Waals surface area contributed by atoms with E-state index in [0.29, 0.717) is 0 Å². The van der Waals surface area contributed by atoms with Crippen molar-refractivity contribution >= 4 is 34.1 Å². The van der Waals surface area contributed by atoms with Crippen molar-refractivity contribution in [1.82, 2.24) is 9.97 Å². The van der Waals surface area contributed by atoms with Gasteiger partial charge in [-0.05, 0) is 23.7 Å². The van der Waals surface area contributed by atoms with E-state index in [1.165, 1.54) is 6.07 Å². The first-order valence-electron chi connectivity index (χ1n) is 3.62. The first-order valence-corrected chi connectivity index (χ1v) is 4.38. The summed E-state index contributed by atoms with van der Waals surface area (Å²) in [7, 11) is 0. The van der Waals surface area contributed by atoms with E-state index in [1.54, 1.807) is 0 Å². The van der Waals surface area contributed by atoms with Gasteiger partial charge >= 0.3 is 0 Å². The van der Waals surface area contributed by atoms with Gasteiger partial charge in [-0.1, -0.05) is 11.6 Å². The third-order valence-corrected chi connectivity index (χ3v) is 2.10. The molecule has 0 amide bonds. The molecule has 14 heavy (non-hydrogen) atoms. The summed E-state index contributed by atoms with van der Waals surface area (Å²) in [5, 5.41) is 0.0766. The van der Waals surface area contributed by atoms with Gasteiger partial charge in [-0.15, -0.1) is 0 Å². The van der Waals surface area contributed by atoms with Crippen molar-refractivity contribution < 1.29 is 4.39 Å². The number of aromatic amines is 1. The fourth-order valence-corrected chi connectivity index (χ4v) is 1.52. The van der Waals surface area contributed by atoms with Gasteiger partial charge in [-0.3, -0.25) is 9.78 Å². The lowest BCUT2D eigenvalue weighted by atomic mass is 10.2. The summed E-state index contributed by atoms with van der Waals surface area (Å²) >= 11 is 11.1. The monoisotopic (exact) mass is 232 g/mol. The Balaban J connectivity index is 3.02. The topological polar surface area (TPSA) is 45.8 Å². The first-order chi connectivity index (χ1) is 6.58. The Labute approximate surface area is 87.5 Å². The minimum Gasteiger partial charge on any atom is -0.297 e. The Hall–Kier alpha value is -1.13. The predicted molar refractivity (Wildman–Crippen MR) is 52.3 cm³/mol. The summed E-state index contributed by atoms with van der Waals surface area (Å²) in [6, 6.07) is 2.41. The molecule has 2 rings (SSSR count). The summed E-state index contributed by atoms with van der Waals surface area (Å²) < 4.78 is 13.2. The molecule has 6 heteroatoms. The van der Waals surface area contributed by atoms with Crippen LogP contribution in [0, 0.1) is 5.82 Å². The lowest BCUT2D eigenvalue weighted by Crippen LogP contribution is -2.08.